The molecule has 1 aliphatic rings. The first-order valence-corrected chi connectivity index (χ1v) is 12.6. The third kappa shape index (κ3) is 8.67. The number of amides is 1. The van der Waals surface area contributed by atoms with Gasteiger partial charge in [0.05, 0.1) is 26.4 Å². The summed E-state index contributed by atoms with van der Waals surface area (Å²) >= 11 is 0. The Labute approximate surface area is 208 Å². The van der Waals surface area contributed by atoms with Gasteiger partial charge in [-0.1, -0.05) is 74.7 Å². The number of hydrogen-bond donors (Lipinski definition) is 1. The molecule has 2 aromatic rings. The minimum atomic E-state index is -0.455. The number of esters is 1. The van der Waals surface area contributed by atoms with Gasteiger partial charge in [-0.3, -0.25) is 4.79 Å². The third-order valence-electron chi connectivity index (χ3n) is 5.96. The number of carbonyl (C=O) groups excluding carboxylic acids is 2. The Kier molecular flexibility index (Phi) is 11.6. The Morgan fingerprint density at radius 2 is 1.40 bits per heavy atom. The fourth-order valence-corrected chi connectivity index (χ4v) is 4.18. The van der Waals surface area contributed by atoms with Crippen LogP contribution in [0, 0.1) is 0 Å². The first kappa shape index (κ1) is 26.7. The summed E-state index contributed by atoms with van der Waals surface area (Å²) in [5, 5.41) is 2.72. The number of hydrogen-bond acceptors (Lipinski definition) is 6. The molecule has 0 aliphatic heterocycles. The molecule has 1 amide bonds. The maximum atomic E-state index is 12.1. The molecule has 0 spiro atoms. The summed E-state index contributed by atoms with van der Waals surface area (Å²) in [5.41, 5.74) is 4.78. The van der Waals surface area contributed by atoms with Gasteiger partial charge >= 0.3 is 12.1 Å². The van der Waals surface area contributed by atoms with Crippen LogP contribution in [0.3, 0.4) is 0 Å². The smallest absolute Gasteiger partial charge is 0.407 e. The van der Waals surface area contributed by atoms with Gasteiger partial charge in [-0.25, -0.2) is 4.79 Å². The van der Waals surface area contributed by atoms with Gasteiger partial charge in [0.1, 0.15) is 13.2 Å². The first-order valence-electron chi connectivity index (χ1n) is 12.6. The van der Waals surface area contributed by atoms with Crippen molar-refractivity contribution in [3.05, 3.63) is 59.7 Å². The average molecular weight is 484 g/mol. The number of benzene rings is 2. The van der Waals surface area contributed by atoms with Crippen LogP contribution in [-0.4, -0.2) is 58.2 Å². The largest absolute Gasteiger partial charge is 0.463 e. The fraction of sp³-hybridized carbons (Fsp3) is 0.500. The van der Waals surface area contributed by atoms with E-state index in [1.165, 1.54) is 22.3 Å². The van der Waals surface area contributed by atoms with Crippen LogP contribution in [0.4, 0.5) is 4.79 Å². The molecule has 0 heterocycles. The molecule has 7 nitrogen and oxygen atoms in total. The van der Waals surface area contributed by atoms with Crippen LogP contribution in [0.2, 0.25) is 0 Å². The number of alkyl carbamates (subject to hydrolysis) is 1. The molecule has 0 unspecified atom stereocenters. The number of nitrogens with one attached hydrogen (secondary N) is 1. The summed E-state index contributed by atoms with van der Waals surface area (Å²) in [6.07, 6.45) is 4.26. The van der Waals surface area contributed by atoms with Gasteiger partial charge in [-0.2, -0.15) is 0 Å². The molecule has 2 aromatic carbocycles. The van der Waals surface area contributed by atoms with E-state index < -0.39 is 6.09 Å². The molecule has 0 atom stereocenters. The van der Waals surface area contributed by atoms with Crippen LogP contribution >= 0.6 is 0 Å². The molecule has 35 heavy (non-hydrogen) atoms. The second kappa shape index (κ2) is 15.2. The van der Waals surface area contributed by atoms with Crippen molar-refractivity contribution in [1.82, 2.24) is 5.32 Å². The molecular formula is C28H37NO6. The van der Waals surface area contributed by atoms with E-state index >= 15 is 0 Å². The minimum Gasteiger partial charge on any atom is -0.463 e. The summed E-state index contributed by atoms with van der Waals surface area (Å²) in [7, 11) is 0. The summed E-state index contributed by atoms with van der Waals surface area (Å²) in [5.74, 6) is -0.123. The summed E-state index contributed by atoms with van der Waals surface area (Å²) in [6, 6.07) is 16.5. The molecule has 1 aliphatic carbocycles. The lowest BCUT2D eigenvalue weighted by Crippen LogP contribution is -2.29. The molecule has 1 N–H and O–H groups in total. The minimum absolute atomic E-state index is 0.0434. The lowest BCUT2D eigenvalue weighted by Gasteiger charge is -2.14. The summed E-state index contributed by atoms with van der Waals surface area (Å²) in [4.78, 5) is 23.7. The van der Waals surface area contributed by atoms with Gasteiger partial charge in [-0.15, -0.1) is 0 Å². The number of unbranched alkanes of at least 4 members (excludes halogenated alkanes) is 3. The van der Waals surface area contributed by atoms with Crippen LogP contribution in [0.5, 0.6) is 0 Å². The number of carbonyl (C=O) groups is 2. The molecule has 7 heteroatoms. The molecule has 0 aromatic heterocycles. The molecule has 0 fully saturated rings. The van der Waals surface area contributed by atoms with Gasteiger partial charge in [0.2, 0.25) is 0 Å². The highest BCUT2D eigenvalue weighted by Gasteiger charge is 2.28. The molecule has 190 valence electrons. The van der Waals surface area contributed by atoms with Crippen molar-refractivity contribution in [2.75, 3.05) is 46.2 Å². The van der Waals surface area contributed by atoms with Crippen LogP contribution in [0.15, 0.2) is 48.5 Å². The highest BCUT2D eigenvalue weighted by Crippen LogP contribution is 2.44. The zero-order chi connectivity index (χ0) is 24.7. The predicted molar refractivity (Wildman–Crippen MR) is 134 cm³/mol. The van der Waals surface area contributed by atoms with Crippen molar-refractivity contribution >= 4 is 12.1 Å². The van der Waals surface area contributed by atoms with Crippen molar-refractivity contribution in [1.29, 1.82) is 0 Å². The molecule has 0 bridgehead atoms. The number of ether oxygens (including phenoxy) is 4. The zero-order valence-electron chi connectivity index (χ0n) is 20.6. The maximum Gasteiger partial charge on any atom is 0.407 e. The topological polar surface area (TPSA) is 83.1 Å². The highest BCUT2D eigenvalue weighted by atomic mass is 16.6. The van der Waals surface area contributed by atoms with E-state index in [0.29, 0.717) is 39.4 Å². The van der Waals surface area contributed by atoms with Gasteiger partial charge in [0.15, 0.2) is 0 Å². The van der Waals surface area contributed by atoms with Crippen molar-refractivity contribution in [2.45, 2.75) is 44.9 Å². The quantitative estimate of drug-likeness (QED) is 0.265. The Hall–Kier alpha value is -2.90. The lowest BCUT2D eigenvalue weighted by molar-refractivity contribution is -0.145. The average Bonchev–Trinajstić information content (AvgIpc) is 3.20. The first-order chi connectivity index (χ1) is 17.2. The van der Waals surface area contributed by atoms with Gasteiger partial charge in [0, 0.05) is 18.9 Å². The normalized spacial score (nSPS) is 12.1. The zero-order valence-corrected chi connectivity index (χ0v) is 20.6. The SMILES string of the molecule is CCCCCCC(=O)OCCOCCOCCNC(=O)OCC1c2ccccc2-c2ccccc21. The highest BCUT2D eigenvalue weighted by molar-refractivity contribution is 5.79. The second-order valence-corrected chi connectivity index (χ2v) is 8.51. The van der Waals surface area contributed by atoms with E-state index in [1.54, 1.807) is 0 Å². The fourth-order valence-electron chi connectivity index (χ4n) is 4.18. The van der Waals surface area contributed by atoms with E-state index in [0.717, 1.165) is 25.7 Å². The van der Waals surface area contributed by atoms with Crippen molar-refractivity contribution in [3.8, 4) is 11.1 Å². The van der Waals surface area contributed by atoms with Crippen LogP contribution < -0.4 is 5.32 Å². The summed E-state index contributed by atoms with van der Waals surface area (Å²) < 4.78 is 21.5. The molecular weight excluding hydrogens is 446 g/mol. The van der Waals surface area contributed by atoms with E-state index in [2.05, 4.69) is 36.5 Å². The third-order valence-corrected chi connectivity index (χ3v) is 5.96. The second-order valence-electron chi connectivity index (χ2n) is 8.51. The van der Waals surface area contributed by atoms with Crippen LogP contribution in [0.1, 0.15) is 56.1 Å². The van der Waals surface area contributed by atoms with E-state index in [1.807, 2.05) is 24.3 Å². The Morgan fingerprint density at radius 3 is 2.09 bits per heavy atom. The molecule has 0 saturated heterocycles. The monoisotopic (exact) mass is 483 g/mol. The van der Waals surface area contributed by atoms with Crippen molar-refractivity contribution in [3.63, 3.8) is 0 Å². The number of rotatable bonds is 16. The molecule has 0 radical (unpaired) electrons. The molecule has 0 saturated carbocycles. The van der Waals surface area contributed by atoms with E-state index in [4.69, 9.17) is 18.9 Å². The van der Waals surface area contributed by atoms with Crippen molar-refractivity contribution < 1.29 is 28.5 Å². The van der Waals surface area contributed by atoms with E-state index in [9.17, 15) is 9.59 Å². The lowest BCUT2D eigenvalue weighted by atomic mass is 9.98. The Balaban J connectivity index is 1.19. The maximum absolute atomic E-state index is 12.1. The van der Waals surface area contributed by atoms with Crippen LogP contribution in [-0.2, 0) is 23.7 Å². The van der Waals surface area contributed by atoms with Gasteiger partial charge in [-0.05, 0) is 28.7 Å². The van der Waals surface area contributed by atoms with Gasteiger partial charge < -0.3 is 24.3 Å². The summed E-state index contributed by atoms with van der Waals surface area (Å²) in [6.45, 7) is 4.55. The van der Waals surface area contributed by atoms with Crippen molar-refractivity contribution in [2.24, 2.45) is 0 Å². The van der Waals surface area contributed by atoms with Gasteiger partial charge in [0.25, 0.3) is 0 Å². The number of fused-ring (bicyclic) bond motifs is 3. The molecule has 3 rings (SSSR count). The Morgan fingerprint density at radius 1 is 0.771 bits per heavy atom. The van der Waals surface area contributed by atoms with Crippen LogP contribution in [0.25, 0.3) is 11.1 Å². The van der Waals surface area contributed by atoms with E-state index in [-0.39, 0.29) is 25.1 Å². The Bertz CT molecular complexity index is 886. The standard InChI is InChI=1S/C28H37NO6/c1-2-3-4-5-14-27(30)34-20-19-33-18-17-32-16-15-29-28(31)35-21-26-24-12-8-6-10-22(24)23-11-7-9-13-25(23)26/h6-13,26H,2-5,14-21H2,1H3,(H,29,31). The predicted octanol–water partition coefficient (Wildman–Crippen LogP) is 5.07.